The van der Waals surface area contributed by atoms with Gasteiger partial charge in [0.1, 0.15) is 5.82 Å². The van der Waals surface area contributed by atoms with E-state index in [0.717, 1.165) is 23.4 Å². The van der Waals surface area contributed by atoms with Crippen molar-refractivity contribution in [2.75, 3.05) is 18.5 Å². The minimum absolute atomic E-state index is 0.225. The summed E-state index contributed by atoms with van der Waals surface area (Å²) in [5.41, 5.74) is 3.13. The highest BCUT2D eigenvalue weighted by Gasteiger charge is 1.99. The predicted molar refractivity (Wildman–Crippen MR) is 85.3 cm³/mol. The molecule has 0 bridgehead atoms. The van der Waals surface area contributed by atoms with Crippen molar-refractivity contribution in [2.45, 2.75) is 6.42 Å². The van der Waals surface area contributed by atoms with Gasteiger partial charge in [0.2, 0.25) is 0 Å². The molecule has 0 atom stereocenters. The zero-order valence-corrected chi connectivity index (χ0v) is 12.0. The Morgan fingerprint density at radius 3 is 2.05 bits per heavy atom. The van der Waals surface area contributed by atoms with Crippen LogP contribution >= 0.6 is 0 Å². The monoisotopic (exact) mass is 280 g/mol. The molecule has 21 heavy (non-hydrogen) atoms. The molecule has 106 valence electrons. The first-order valence-electron chi connectivity index (χ1n) is 6.81. The summed E-state index contributed by atoms with van der Waals surface area (Å²) in [5, 5.41) is 8.59. The number of benzene rings is 2. The molecule has 2 nitrogen and oxygen atoms in total. The lowest BCUT2D eigenvalue weighted by molar-refractivity contribution is 0.628. The van der Waals surface area contributed by atoms with E-state index in [9.17, 15) is 4.39 Å². The summed E-state index contributed by atoms with van der Waals surface area (Å²) in [5.74, 6) is -0.225. The maximum absolute atomic E-state index is 12.8. The fourth-order valence-corrected chi connectivity index (χ4v) is 1.95. The van der Waals surface area contributed by atoms with Gasteiger partial charge in [-0.1, -0.05) is 36.4 Å². The third-order valence-corrected chi connectivity index (χ3v) is 3.23. The minimum atomic E-state index is -0.225. The zero-order valence-electron chi connectivity index (χ0n) is 12.0. The number of halogens is 1. The highest BCUT2D eigenvalue weighted by Crippen LogP contribution is 2.16. The van der Waals surface area contributed by atoms with Gasteiger partial charge in [-0.05, 0) is 35.4 Å². The third kappa shape index (κ3) is 4.47. The van der Waals surface area contributed by atoms with E-state index >= 15 is 0 Å². The number of rotatable bonds is 5. The summed E-state index contributed by atoms with van der Waals surface area (Å²) in [7, 11) is 1.97. The quantitative estimate of drug-likeness (QED) is 0.761. The second-order valence-electron chi connectivity index (χ2n) is 4.81. The molecule has 0 saturated heterocycles. The molecule has 0 spiro atoms. The van der Waals surface area contributed by atoms with Crippen molar-refractivity contribution >= 4 is 17.8 Å². The molecule has 0 radical (unpaired) electrons. The summed E-state index contributed by atoms with van der Waals surface area (Å²) in [6.07, 6.45) is 4.46. The molecule has 0 saturated carbocycles. The van der Waals surface area contributed by atoms with Crippen LogP contribution in [0.3, 0.4) is 0 Å². The van der Waals surface area contributed by atoms with Crippen LogP contribution in [0.5, 0.6) is 0 Å². The lowest BCUT2D eigenvalue weighted by Gasteiger charge is -2.17. The van der Waals surface area contributed by atoms with Crippen LogP contribution in [0.4, 0.5) is 10.1 Å². The van der Waals surface area contributed by atoms with E-state index in [2.05, 4.69) is 11.0 Å². The third-order valence-electron chi connectivity index (χ3n) is 3.23. The van der Waals surface area contributed by atoms with Gasteiger partial charge < -0.3 is 4.90 Å². The molecular formula is C18H17FN2. The SMILES string of the molecule is CN(CCC#N)c1ccc(C=Cc2ccc(F)cc2)cc1. The lowest BCUT2D eigenvalue weighted by Crippen LogP contribution is -2.17. The van der Waals surface area contributed by atoms with Gasteiger partial charge in [-0.25, -0.2) is 4.39 Å². The fourth-order valence-electron chi connectivity index (χ4n) is 1.95. The van der Waals surface area contributed by atoms with Crippen LogP contribution in [0.2, 0.25) is 0 Å². The molecule has 0 heterocycles. The Hall–Kier alpha value is -2.60. The van der Waals surface area contributed by atoms with E-state index in [1.165, 1.54) is 12.1 Å². The Balaban J connectivity index is 2.02. The van der Waals surface area contributed by atoms with Gasteiger partial charge in [-0.15, -0.1) is 0 Å². The molecular weight excluding hydrogens is 263 g/mol. The second-order valence-corrected chi connectivity index (χ2v) is 4.81. The lowest BCUT2D eigenvalue weighted by atomic mass is 10.1. The largest absolute Gasteiger partial charge is 0.374 e. The summed E-state index contributed by atoms with van der Waals surface area (Å²) in [6.45, 7) is 0.723. The second kappa shape index (κ2) is 7.25. The normalized spacial score (nSPS) is 10.5. The van der Waals surface area contributed by atoms with Gasteiger partial charge in [-0.2, -0.15) is 5.26 Å². The van der Waals surface area contributed by atoms with Gasteiger partial charge in [0, 0.05) is 19.3 Å². The van der Waals surface area contributed by atoms with Crippen molar-refractivity contribution in [3.8, 4) is 6.07 Å². The van der Waals surface area contributed by atoms with E-state index in [1.807, 2.05) is 43.5 Å². The molecule has 0 aliphatic carbocycles. The average molecular weight is 280 g/mol. The minimum Gasteiger partial charge on any atom is -0.374 e. The summed E-state index contributed by atoms with van der Waals surface area (Å²) in [4.78, 5) is 2.05. The average Bonchev–Trinajstić information content (AvgIpc) is 2.52. The molecule has 0 aliphatic rings. The number of hydrogen-bond donors (Lipinski definition) is 0. The molecule has 0 N–H and O–H groups in total. The van der Waals surface area contributed by atoms with E-state index in [1.54, 1.807) is 12.1 Å². The first-order valence-corrected chi connectivity index (χ1v) is 6.81. The fraction of sp³-hybridized carbons (Fsp3) is 0.167. The van der Waals surface area contributed by atoms with E-state index in [0.29, 0.717) is 6.42 Å². The Morgan fingerprint density at radius 1 is 1.00 bits per heavy atom. The molecule has 2 aromatic carbocycles. The van der Waals surface area contributed by atoms with Crippen LogP contribution in [0.25, 0.3) is 12.2 Å². The topological polar surface area (TPSA) is 27.0 Å². The van der Waals surface area contributed by atoms with E-state index in [-0.39, 0.29) is 5.82 Å². The molecule has 0 aliphatic heterocycles. The highest BCUT2D eigenvalue weighted by atomic mass is 19.1. The standard InChI is InChI=1S/C18H17FN2/c1-21(14-2-13-20)18-11-7-16(8-12-18)4-3-15-5-9-17(19)10-6-15/h3-12H,2,14H2,1H3. The Bertz CT molecular complexity index is 636. The maximum Gasteiger partial charge on any atom is 0.123 e. The van der Waals surface area contributed by atoms with Crippen molar-refractivity contribution in [3.05, 3.63) is 65.5 Å². The Labute approximate surface area is 124 Å². The van der Waals surface area contributed by atoms with Gasteiger partial charge >= 0.3 is 0 Å². The molecule has 2 aromatic rings. The van der Waals surface area contributed by atoms with Gasteiger partial charge in [0.25, 0.3) is 0 Å². The van der Waals surface area contributed by atoms with Gasteiger partial charge in [-0.3, -0.25) is 0 Å². The molecule has 2 rings (SSSR count). The molecule has 0 amide bonds. The van der Waals surface area contributed by atoms with Crippen LogP contribution < -0.4 is 4.90 Å². The van der Waals surface area contributed by atoms with Crippen LogP contribution in [-0.4, -0.2) is 13.6 Å². The van der Waals surface area contributed by atoms with E-state index in [4.69, 9.17) is 5.26 Å². The Morgan fingerprint density at radius 2 is 1.52 bits per heavy atom. The van der Waals surface area contributed by atoms with Crippen molar-refractivity contribution in [3.63, 3.8) is 0 Å². The van der Waals surface area contributed by atoms with Crippen molar-refractivity contribution in [1.82, 2.24) is 0 Å². The summed E-state index contributed by atoms with van der Waals surface area (Å²) < 4.78 is 12.8. The first-order chi connectivity index (χ1) is 10.2. The number of nitriles is 1. The van der Waals surface area contributed by atoms with Crippen LogP contribution in [0.15, 0.2) is 48.5 Å². The molecule has 0 unspecified atom stereocenters. The van der Waals surface area contributed by atoms with Crippen LogP contribution in [-0.2, 0) is 0 Å². The highest BCUT2D eigenvalue weighted by molar-refractivity contribution is 5.70. The van der Waals surface area contributed by atoms with Gasteiger partial charge in [0.15, 0.2) is 0 Å². The molecule has 0 fully saturated rings. The number of anilines is 1. The zero-order chi connectivity index (χ0) is 15.1. The number of hydrogen-bond acceptors (Lipinski definition) is 2. The van der Waals surface area contributed by atoms with Crippen molar-refractivity contribution in [2.24, 2.45) is 0 Å². The smallest absolute Gasteiger partial charge is 0.123 e. The molecule has 0 aromatic heterocycles. The summed E-state index contributed by atoms with van der Waals surface area (Å²) in [6, 6.07) is 16.6. The van der Waals surface area contributed by atoms with Gasteiger partial charge in [0.05, 0.1) is 12.5 Å². The van der Waals surface area contributed by atoms with E-state index < -0.39 is 0 Å². The number of nitrogens with zero attached hydrogens (tertiary/aromatic N) is 2. The predicted octanol–water partition coefficient (Wildman–Crippen LogP) is 4.35. The van der Waals surface area contributed by atoms with Crippen LogP contribution in [0, 0.1) is 17.1 Å². The first kappa shape index (κ1) is 14.8. The van der Waals surface area contributed by atoms with Crippen molar-refractivity contribution < 1.29 is 4.39 Å². The summed E-state index contributed by atoms with van der Waals surface area (Å²) >= 11 is 0. The Kier molecular flexibility index (Phi) is 5.11. The maximum atomic E-state index is 12.8. The molecule has 3 heteroatoms. The van der Waals surface area contributed by atoms with Crippen molar-refractivity contribution in [1.29, 1.82) is 5.26 Å². The van der Waals surface area contributed by atoms with Crippen LogP contribution in [0.1, 0.15) is 17.5 Å².